The molecule has 5 heteroatoms. The smallest absolute Gasteiger partial charge is 0.240 e. The van der Waals surface area contributed by atoms with Gasteiger partial charge >= 0.3 is 0 Å². The minimum atomic E-state index is -0.680. The Morgan fingerprint density at radius 3 is 2.71 bits per heavy atom. The van der Waals surface area contributed by atoms with Crippen LogP contribution in [0.25, 0.3) is 0 Å². The van der Waals surface area contributed by atoms with Gasteiger partial charge in [-0.3, -0.25) is 9.69 Å². The molecule has 1 unspecified atom stereocenters. The normalized spacial score (nSPS) is 22.1. The average Bonchev–Trinajstić information content (AvgIpc) is 2.53. The van der Waals surface area contributed by atoms with Gasteiger partial charge in [0, 0.05) is 26.7 Å². The number of nitrogens with zero attached hydrogens (tertiary/aromatic N) is 1. The van der Waals surface area contributed by atoms with Crippen molar-refractivity contribution in [3.05, 3.63) is 0 Å². The largest absolute Gasteiger partial charge is 0.382 e. The number of nitrogens with two attached hydrogens (primary N) is 1. The highest BCUT2D eigenvalue weighted by Gasteiger charge is 2.45. The molecular formula is C12H25N3O2. The lowest BCUT2D eigenvalue weighted by atomic mass is 9.84. The van der Waals surface area contributed by atoms with Gasteiger partial charge in [-0.25, -0.2) is 0 Å². The number of ether oxygens (including phenoxy) is 1. The molecule has 0 bridgehead atoms. The second-order valence-corrected chi connectivity index (χ2v) is 4.97. The lowest BCUT2D eigenvalue weighted by Crippen LogP contribution is -2.64. The van der Waals surface area contributed by atoms with Crippen molar-refractivity contribution in [3.63, 3.8) is 0 Å². The van der Waals surface area contributed by atoms with Gasteiger partial charge in [0.15, 0.2) is 0 Å². The second kappa shape index (κ2) is 6.33. The number of nitrogens with one attached hydrogen (secondary N) is 1. The fourth-order valence-corrected chi connectivity index (χ4v) is 2.60. The molecule has 100 valence electrons. The quantitative estimate of drug-likeness (QED) is 0.702. The molecule has 1 heterocycles. The van der Waals surface area contributed by atoms with Crippen LogP contribution in [0.1, 0.15) is 20.3 Å². The number of methoxy groups -OCH3 is 1. The summed E-state index contributed by atoms with van der Waals surface area (Å²) in [6.07, 6.45) is 1.03. The summed E-state index contributed by atoms with van der Waals surface area (Å²) in [4.78, 5) is 14.1. The zero-order valence-corrected chi connectivity index (χ0v) is 11.2. The lowest BCUT2D eigenvalue weighted by Gasteiger charge is -2.43. The number of hydrogen-bond donors (Lipinski definition) is 2. The molecule has 1 rings (SSSR count). The zero-order valence-electron chi connectivity index (χ0n) is 11.2. The second-order valence-electron chi connectivity index (χ2n) is 4.97. The summed E-state index contributed by atoms with van der Waals surface area (Å²) in [7, 11) is 1.62. The Kier molecular flexibility index (Phi) is 5.36. The Bertz CT molecular complexity index is 250. The van der Waals surface area contributed by atoms with Gasteiger partial charge in [-0.05, 0) is 18.9 Å². The third-order valence-corrected chi connectivity index (χ3v) is 3.65. The maximum absolute atomic E-state index is 11.9. The van der Waals surface area contributed by atoms with E-state index in [2.05, 4.69) is 10.2 Å². The molecule has 17 heavy (non-hydrogen) atoms. The first-order valence-electron chi connectivity index (χ1n) is 6.30. The van der Waals surface area contributed by atoms with E-state index < -0.39 is 5.54 Å². The average molecular weight is 243 g/mol. The molecule has 1 fully saturated rings. The molecular weight excluding hydrogens is 218 g/mol. The van der Waals surface area contributed by atoms with Gasteiger partial charge in [0.2, 0.25) is 5.91 Å². The van der Waals surface area contributed by atoms with Gasteiger partial charge in [-0.15, -0.1) is 0 Å². The third kappa shape index (κ3) is 2.97. The molecule has 1 aliphatic heterocycles. The molecule has 0 saturated carbocycles. The summed E-state index contributed by atoms with van der Waals surface area (Å²) in [6.45, 7) is 8.04. The Hall–Kier alpha value is -0.650. The van der Waals surface area contributed by atoms with E-state index in [-0.39, 0.29) is 11.8 Å². The molecule has 1 aliphatic rings. The summed E-state index contributed by atoms with van der Waals surface area (Å²) < 4.78 is 5.26. The standard InChI is InChI=1S/C12H25N3O2/c1-10(2)12(9-17-3,11(13)16)15-7-4-5-14-6-8-15/h10,14H,4-9H2,1-3H3,(H2,13,16). The van der Waals surface area contributed by atoms with Crippen molar-refractivity contribution in [1.29, 1.82) is 0 Å². The first-order chi connectivity index (χ1) is 8.05. The van der Waals surface area contributed by atoms with Crippen molar-refractivity contribution in [2.45, 2.75) is 25.8 Å². The predicted octanol–water partition coefficient (Wildman–Crippen LogP) is -0.192. The van der Waals surface area contributed by atoms with Crippen LogP contribution in [0.4, 0.5) is 0 Å². The van der Waals surface area contributed by atoms with E-state index in [1.165, 1.54) is 0 Å². The van der Waals surface area contributed by atoms with Crippen LogP contribution in [-0.2, 0) is 9.53 Å². The fraction of sp³-hybridized carbons (Fsp3) is 0.917. The van der Waals surface area contributed by atoms with Crippen LogP contribution in [-0.4, -0.2) is 56.2 Å². The van der Waals surface area contributed by atoms with E-state index in [9.17, 15) is 4.79 Å². The molecule has 0 aliphatic carbocycles. The highest BCUT2D eigenvalue weighted by molar-refractivity contribution is 5.85. The van der Waals surface area contributed by atoms with Crippen LogP contribution in [0.3, 0.4) is 0 Å². The van der Waals surface area contributed by atoms with Crippen LogP contribution in [0.5, 0.6) is 0 Å². The first kappa shape index (κ1) is 14.4. The molecule has 0 radical (unpaired) electrons. The van der Waals surface area contributed by atoms with E-state index in [1.54, 1.807) is 7.11 Å². The summed E-state index contributed by atoms with van der Waals surface area (Å²) in [5, 5.41) is 3.33. The molecule has 3 N–H and O–H groups in total. The highest BCUT2D eigenvalue weighted by Crippen LogP contribution is 2.26. The van der Waals surface area contributed by atoms with Gasteiger partial charge in [-0.2, -0.15) is 0 Å². The Labute approximate surface area is 104 Å². The molecule has 1 amide bonds. The molecule has 0 spiro atoms. The molecule has 1 atom stereocenters. The van der Waals surface area contributed by atoms with Crippen molar-refractivity contribution in [2.24, 2.45) is 11.7 Å². The summed E-state index contributed by atoms with van der Waals surface area (Å²) >= 11 is 0. The van der Waals surface area contributed by atoms with E-state index in [1.807, 2.05) is 13.8 Å². The Morgan fingerprint density at radius 1 is 1.47 bits per heavy atom. The third-order valence-electron chi connectivity index (χ3n) is 3.65. The molecule has 5 nitrogen and oxygen atoms in total. The van der Waals surface area contributed by atoms with Crippen molar-refractivity contribution >= 4 is 5.91 Å². The number of rotatable bonds is 5. The SMILES string of the molecule is COCC(C(N)=O)(C(C)C)N1CCCNCC1. The number of amides is 1. The molecule has 1 saturated heterocycles. The van der Waals surface area contributed by atoms with Crippen LogP contribution >= 0.6 is 0 Å². The van der Waals surface area contributed by atoms with Gasteiger partial charge in [0.25, 0.3) is 0 Å². The highest BCUT2D eigenvalue weighted by atomic mass is 16.5. The Balaban J connectivity index is 2.96. The van der Waals surface area contributed by atoms with Gasteiger partial charge in [0.1, 0.15) is 5.54 Å². The summed E-state index contributed by atoms with van der Waals surface area (Å²) in [5.41, 5.74) is 4.98. The minimum absolute atomic E-state index is 0.137. The lowest BCUT2D eigenvalue weighted by molar-refractivity contribution is -0.138. The molecule has 0 aromatic carbocycles. The molecule has 0 aromatic heterocycles. The summed E-state index contributed by atoms with van der Waals surface area (Å²) in [5.74, 6) is -0.144. The van der Waals surface area contributed by atoms with Gasteiger partial charge in [-0.1, -0.05) is 13.8 Å². The first-order valence-corrected chi connectivity index (χ1v) is 6.30. The van der Waals surface area contributed by atoms with Crippen LogP contribution in [0.15, 0.2) is 0 Å². The fourth-order valence-electron chi connectivity index (χ4n) is 2.60. The van der Waals surface area contributed by atoms with Crippen LogP contribution in [0, 0.1) is 5.92 Å². The number of carbonyl (C=O) groups excluding carboxylic acids is 1. The monoisotopic (exact) mass is 243 g/mol. The number of carbonyl (C=O) groups is 1. The Morgan fingerprint density at radius 2 is 2.18 bits per heavy atom. The zero-order chi connectivity index (χ0) is 12.9. The van der Waals surface area contributed by atoms with Crippen molar-refractivity contribution in [1.82, 2.24) is 10.2 Å². The molecule has 0 aromatic rings. The van der Waals surface area contributed by atoms with E-state index in [4.69, 9.17) is 10.5 Å². The van der Waals surface area contributed by atoms with E-state index in [0.717, 1.165) is 32.6 Å². The number of primary amides is 1. The number of hydrogen-bond acceptors (Lipinski definition) is 4. The predicted molar refractivity (Wildman–Crippen MR) is 67.7 cm³/mol. The topological polar surface area (TPSA) is 67.6 Å². The van der Waals surface area contributed by atoms with Crippen molar-refractivity contribution in [3.8, 4) is 0 Å². The minimum Gasteiger partial charge on any atom is -0.382 e. The van der Waals surface area contributed by atoms with E-state index in [0.29, 0.717) is 6.61 Å². The maximum atomic E-state index is 11.9. The van der Waals surface area contributed by atoms with Gasteiger partial charge in [0.05, 0.1) is 6.61 Å². The van der Waals surface area contributed by atoms with Crippen LogP contribution < -0.4 is 11.1 Å². The van der Waals surface area contributed by atoms with Crippen molar-refractivity contribution < 1.29 is 9.53 Å². The summed E-state index contributed by atoms with van der Waals surface area (Å²) in [6, 6.07) is 0. The van der Waals surface area contributed by atoms with E-state index >= 15 is 0 Å². The maximum Gasteiger partial charge on any atom is 0.240 e. The van der Waals surface area contributed by atoms with Crippen LogP contribution in [0.2, 0.25) is 0 Å². The van der Waals surface area contributed by atoms with Crippen molar-refractivity contribution in [2.75, 3.05) is 39.9 Å². The van der Waals surface area contributed by atoms with Gasteiger partial charge < -0.3 is 15.8 Å².